The molecule has 1 amide bonds. The van der Waals surface area contributed by atoms with E-state index in [0.717, 1.165) is 16.1 Å². The summed E-state index contributed by atoms with van der Waals surface area (Å²) in [6.07, 6.45) is 2.90. The highest BCUT2D eigenvalue weighted by Gasteiger charge is 2.62. The van der Waals surface area contributed by atoms with Gasteiger partial charge in [0.05, 0.1) is 6.26 Å². The minimum Gasteiger partial charge on any atom is -0.311 e. The van der Waals surface area contributed by atoms with Crippen LogP contribution in [-0.2, 0) is 19.6 Å². The zero-order valence-electron chi connectivity index (χ0n) is 15.6. The number of hydrogen-bond donors (Lipinski definition) is 2. The standard InChI is InChI=1S/C17H29N3O4S/c1-11(2)13(10-19-12(3)4)8-15(21)17-6-7-18-14(17)9-16(22)20(17)25(5,23)24/h8,11-12,14,18-19H,6-7,9-10H2,1-5H3/b13-8-/t14-,17+/m1/s1. The van der Waals surface area contributed by atoms with Gasteiger partial charge in [-0.15, -0.1) is 0 Å². The Balaban J connectivity index is 2.42. The fraction of sp³-hybridized carbons (Fsp3) is 0.765. The van der Waals surface area contributed by atoms with Gasteiger partial charge >= 0.3 is 0 Å². The van der Waals surface area contributed by atoms with E-state index in [1.165, 1.54) is 0 Å². The highest BCUT2D eigenvalue weighted by molar-refractivity contribution is 7.89. The van der Waals surface area contributed by atoms with Crippen molar-refractivity contribution in [2.45, 2.75) is 58.2 Å². The molecule has 8 heteroatoms. The van der Waals surface area contributed by atoms with Gasteiger partial charge < -0.3 is 10.6 Å². The van der Waals surface area contributed by atoms with Crippen LogP contribution in [0.15, 0.2) is 11.6 Å². The number of hydrogen-bond acceptors (Lipinski definition) is 6. The van der Waals surface area contributed by atoms with Crippen molar-refractivity contribution in [3.05, 3.63) is 11.6 Å². The summed E-state index contributed by atoms with van der Waals surface area (Å²) in [6, 6.07) is -0.179. The molecule has 0 unspecified atom stereocenters. The zero-order valence-corrected chi connectivity index (χ0v) is 16.4. The van der Waals surface area contributed by atoms with E-state index >= 15 is 0 Å². The van der Waals surface area contributed by atoms with Crippen LogP contribution in [0.4, 0.5) is 0 Å². The highest BCUT2D eigenvalue weighted by atomic mass is 32.2. The molecule has 2 fully saturated rings. The second-order valence-corrected chi connectivity index (χ2v) is 9.41. The summed E-state index contributed by atoms with van der Waals surface area (Å²) in [4.78, 5) is 25.5. The number of fused-ring (bicyclic) bond motifs is 1. The SMILES string of the molecule is CC(C)NC/C(=C/C(=O)[C@]12CCN[C@@H]1CC(=O)N2S(C)(=O)=O)C(C)C. The Morgan fingerprint density at radius 2 is 2.04 bits per heavy atom. The van der Waals surface area contributed by atoms with Crippen LogP contribution in [0.2, 0.25) is 0 Å². The Kier molecular flexibility index (Phi) is 5.75. The van der Waals surface area contributed by atoms with Crippen molar-refractivity contribution in [3.63, 3.8) is 0 Å². The lowest BCUT2D eigenvalue weighted by atomic mass is 9.85. The number of sulfonamides is 1. The molecule has 0 spiro atoms. The van der Waals surface area contributed by atoms with Crippen molar-refractivity contribution in [2.24, 2.45) is 5.92 Å². The van der Waals surface area contributed by atoms with E-state index in [0.29, 0.717) is 19.5 Å². The minimum absolute atomic E-state index is 0.0356. The van der Waals surface area contributed by atoms with Crippen LogP contribution in [0.25, 0.3) is 0 Å². The first-order chi connectivity index (χ1) is 11.5. The number of rotatable bonds is 7. The van der Waals surface area contributed by atoms with E-state index in [9.17, 15) is 18.0 Å². The molecule has 0 radical (unpaired) electrons. The van der Waals surface area contributed by atoms with Gasteiger partial charge in [-0.05, 0) is 25.0 Å². The first-order valence-electron chi connectivity index (χ1n) is 8.75. The summed E-state index contributed by atoms with van der Waals surface area (Å²) in [6.45, 7) is 9.12. The molecule has 2 aliphatic rings. The number of carbonyl (C=O) groups is 2. The van der Waals surface area contributed by atoms with Crippen molar-refractivity contribution in [2.75, 3.05) is 19.3 Å². The van der Waals surface area contributed by atoms with Crippen LogP contribution in [0.5, 0.6) is 0 Å². The molecule has 2 aliphatic heterocycles. The lowest BCUT2D eigenvalue weighted by Gasteiger charge is -2.34. The number of nitrogens with zero attached hydrogens (tertiary/aromatic N) is 1. The summed E-state index contributed by atoms with van der Waals surface area (Å²) < 4.78 is 25.3. The fourth-order valence-electron chi connectivity index (χ4n) is 3.66. The van der Waals surface area contributed by atoms with Crippen molar-refractivity contribution in [3.8, 4) is 0 Å². The van der Waals surface area contributed by atoms with E-state index in [2.05, 4.69) is 10.6 Å². The second kappa shape index (κ2) is 7.17. The Labute approximate surface area is 150 Å². The Bertz CT molecular complexity index is 684. The van der Waals surface area contributed by atoms with Gasteiger partial charge in [-0.2, -0.15) is 0 Å². The van der Waals surface area contributed by atoms with Crippen LogP contribution in [0, 0.1) is 5.92 Å². The number of carbonyl (C=O) groups excluding carboxylic acids is 2. The average molecular weight is 372 g/mol. The van der Waals surface area contributed by atoms with Crippen LogP contribution >= 0.6 is 0 Å². The van der Waals surface area contributed by atoms with E-state index in [1.807, 2.05) is 27.7 Å². The third-order valence-corrected chi connectivity index (χ3v) is 6.16. The molecule has 0 aliphatic carbocycles. The predicted molar refractivity (Wildman–Crippen MR) is 96.5 cm³/mol. The van der Waals surface area contributed by atoms with Crippen LogP contribution in [0.3, 0.4) is 0 Å². The van der Waals surface area contributed by atoms with E-state index in [4.69, 9.17) is 0 Å². The molecular formula is C17H29N3O4S. The topological polar surface area (TPSA) is 95.6 Å². The van der Waals surface area contributed by atoms with Crippen molar-refractivity contribution in [1.29, 1.82) is 0 Å². The molecule has 2 saturated heterocycles. The van der Waals surface area contributed by atoms with Gasteiger partial charge in [0, 0.05) is 25.0 Å². The molecule has 142 valence electrons. The summed E-state index contributed by atoms with van der Waals surface area (Å²) >= 11 is 0. The molecule has 2 N–H and O–H groups in total. The number of nitrogens with one attached hydrogen (secondary N) is 2. The van der Waals surface area contributed by atoms with Crippen LogP contribution in [-0.4, -0.2) is 61.4 Å². The van der Waals surface area contributed by atoms with Gasteiger partial charge in [0.15, 0.2) is 5.78 Å². The smallest absolute Gasteiger partial charge is 0.238 e. The summed E-state index contributed by atoms with van der Waals surface area (Å²) in [7, 11) is -3.81. The maximum Gasteiger partial charge on any atom is 0.238 e. The maximum atomic E-state index is 13.2. The third kappa shape index (κ3) is 3.80. The van der Waals surface area contributed by atoms with Gasteiger partial charge in [-0.1, -0.05) is 33.3 Å². The Hall–Kier alpha value is -1.25. The van der Waals surface area contributed by atoms with Crippen molar-refractivity contribution < 1.29 is 18.0 Å². The van der Waals surface area contributed by atoms with Gasteiger partial charge in [-0.3, -0.25) is 9.59 Å². The van der Waals surface area contributed by atoms with Crippen molar-refractivity contribution in [1.82, 2.24) is 14.9 Å². The van der Waals surface area contributed by atoms with Gasteiger partial charge in [0.2, 0.25) is 15.9 Å². The third-order valence-electron chi connectivity index (χ3n) is 4.97. The molecule has 0 aromatic rings. The minimum atomic E-state index is -3.81. The Morgan fingerprint density at radius 1 is 1.40 bits per heavy atom. The second-order valence-electron chi connectivity index (χ2n) is 7.58. The van der Waals surface area contributed by atoms with Crippen LogP contribution in [0.1, 0.15) is 40.5 Å². The lowest BCUT2D eigenvalue weighted by molar-refractivity contribution is -0.131. The molecule has 0 bridgehead atoms. The van der Waals surface area contributed by atoms with Crippen molar-refractivity contribution >= 4 is 21.7 Å². The summed E-state index contributed by atoms with van der Waals surface area (Å²) in [5.41, 5.74) is -0.408. The molecule has 0 aromatic carbocycles. The molecule has 2 heterocycles. The predicted octanol–water partition coefficient (Wildman–Crippen LogP) is 0.429. The molecule has 2 atom stereocenters. The monoisotopic (exact) mass is 371 g/mol. The zero-order chi connectivity index (χ0) is 19.0. The molecule has 0 aromatic heterocycles. The van der Waals surface area contributed by atoms with Gasteiger partial charge in [0.25, 0.3) is 0 Å². The molecule has 2 rings (SSSR count). The van der Waals surface area contributed by atoms with E-state index < -0.39 is 27.5 Å². The van der Waals surface area contributed by atoms with Crippen LogP contribution < -0.4 is 10.6 Å². The fourth-order valence-corrected chi connectivity index (χ4v) is 5.00. The molecule has 7 nitrogen and oxygen atoms in total. The highest BCUT2D eigenvalue weighted by Crippen LogP contribution is 2.40. The Morgan fingerprint density at radius 3 is 2.56 bits per heavy atom. The van der Waals surface area contributed by atoms with Gasteiger partial charge in [0.1, 0.15) is 5.54 Å². The number of ketones is 1. The normalized spacial score (nSPS) is 27.5. The molecular weight excluding hydrogens is 342 g/mol. The number of amides is 1. The first-order valence-corrected chi connectivity index (χ1v) is 10.6. The quantitative estimate of drug-likeness (QED) is 0.630. The molecule has 0 saturated carbocycles. The maximum absolute atomic E-state index is 13.2. The van der Waals surface area contributed by atoms with Gasteiger partial charge in [-0.25, -0.2) is 12.7 Å². The molecule has 25 heavy (non-hydrogen) atoms. The average Bonchev–Trinajstić information content (AvgIpc) is 2.96. The van der Waals surface area contributed by atoms with E-state index in [1.54, 1.807) is 6.08 Å². The van der Waals surface area contributed by atoms with E-state index in [-0.39, 0.29) is 24.2 Å². The summed E-state index contributed by atoms with van der Waals surface area (Å²) in [5.74, 6) is -0.663. The summed E-state index contributed by atoms with van der Waals surface area (Å²) in [5, 5.41) is 6.43. The lowest BCUT2D eigenvalue weighted by Crippen LogP contribution is -2.57. The largest absolute Gasteiger partial charge is 0.311 e. The first kappa shape index (κ1) is 20.1.